The zero-order chi connectivity index (χ0) is 28.6. The van der Waals surface area contributed by atoms with Crippen LogP contribution in [0, 0.1) is 12.0 Å². The molecule has 1 N–H and O–H groups in total. The molecule has 41 heavy (non-hydrogen) atoms. The molecule has 3 heteroatoms. The van der Waals surface area contributed by atoms with Gasteiger partial charge in [0.15, 0.2) is 0 Å². The van der Waals surface area contributed by atoms with Gasteiger partial charge in [-0.25, -0.2) is 5.57 Å². The van der Waals surface area contributed by atoms with Crippen LogP contribution < -0.4 is 10.4 Å². The summed E-state index contributed by atoms with van der Waals surface area (Å²) in [6, 6.07) is 42.4. The zero-order valence-corrected chi connectivity index (χ0v) is 29.9. The minimum absolute atomic E-state index is 0. The van der Waals surface area contributed by atoms with Gasteiger partial charge >= 0.3 is 0 Å². The van der Waals surface area contributed by atoms with Crippen LogP contribution in [-0.4, -0.2) is 15.6 Å². The van der Waals surface area contributed by atoms with E-state index in [9.17, 15) is 0 Å². The van der Waals surface area contributed by atoms with Gasteiger partial charge in [0.1, 0.15) is 9.52 Å². The van der Waals surface area contributed by atoms with E-state index in [0.29, 0.717) is 12.0 Å². The first-order chi connectivity index (χ1) is 19.4. The number of allylic oxidation sites excluding steroid dienone is 4. The number of rotatable bonds is 3. The Morgan fingerprint density at radius 1 is 0.610 bits per heavy atom. The van der Waals surface area contributed by atoms with Crippen molar-refractivity contribution < 1.29 is 25.8 Å². The van der Waals surface area contributed by atoms with Crippen LogP contribution >= 0.6 is 0 Å². The van der Waals surface area contributed by atoms with Gasteiger partial charge in [-0.05, 0) is 11.1 Å². The predicted octanol–water partition coefficient (Wildman–Crippen LogP) is 9.13. The molecule has 0 amide bonds. The molecule has 0 aromatic heterocycles. The smallest absolute Gasteiger partial charge is 0.103 e. The SMILES string of the molecule is CC1=[C-]C(C)C(C)=C1C.[Hf].[NH-]C1CCCC1.c1ccc(-c2ccccc2)cc1.c1ccc([SiH]c2ccccc2)cc1. The molecule has 1 nitrogen and oxygen atoms in total. The van der Waals surface area contributed by atoms with E-state index < -0.39 is 0 Å². The topological polar surface area (TPSA) is 23.8 Å². The van der Waals surface area contributed by atoms with Crippen LogP contribution in [0.2, 0.25) is 0 Å². The average molecular weight is 721 g/mol. The van der Waals surface area contributed by atoms with Crippen molar-refractivity contribution in [3.8, 4) is 11.1 Å². The maximum Gasteiger partial charge on any atom is 0.103 e. The largest absolute Gasteiger partial charge is 0.675 e. The fraction of sp³-hybridized carbons (Fsp3) is 0.263. The monoisotopic (exact) mass is 722 g/mol. The molecule has 1 saturated carbocycles. The fourth-order valence-electron chi connectivity index (χ4n) is 4.64. The molecule has 4 aromatic rings. The van der Waals surface area contributed by atoms with Gasteiger partial charge in [0.2, 0.25) is 0 Å². The molecule has 1 radical (unpaired) electrons. The summed E-state index contributed by atoms with van der Waals surface area (Å²) in [5, 5.41) is 2.90. The van der Waals surface area contributed by atoms with Gasteiger partial charge in [-0.15, -0.1) is 13.0 Å². The summed E-state index contributed by atoms with van der Waals surface area (Å²) in [6.45, 7) is 8.67. The second-order valence-corrected chi connectivity index (χ2v) is 12.1. The molecule has 2 aliphatic carbocycles. The molecule has 0 spiro atoms. The fourth-order valence-corrected chi connectivity index (χ4v) is 5.85. The van der Waals surface area contributed by atoms with Gasteiger partial charge in [0.25, 0.3) is 0 Å². The maximum absolute atomic E-state index is 7.13. The normalized spacial score (nSPS) is 15.6. The first-order valence-electron chi connectivity index (χ1n) is 14.5. The number of nitrogens with one attached hydrogen (secondary N) is 1. The van der Waals surface area contributed by atoms with E-state index in [-0.39, 0.29) is 35.4 Å². The molecular weight excluding hydrogens is 677 g/mol. The average Bonchev–Trinajstić information content (AvgIpc) is 3.57. The quantitative estimate of drug-likeness (QED) is 0.149. The van der Waals surface area contributed by atoms with Crippen molar-refractivity contribution in [2.24, 2.45) is 5.92 Å². The molecule has 0 heterocycles. The summed E-state index contributed by atoms with van der Waals surface area (Å²) in [4.78, 5) is 0. The molecule has 0 bridgehead atoms. The van der Waals surface area contributed by atoms with Crippen LogP contribution in [-0.2, 0) is 25.8 Å². The van der Waals surface area contributed by atoms with Gasteiger partial charge in [0.05, 0.1) is 0 Å². The van der Waals surface area contributed by atoms with Crippen LogP contribution in [0.5, 0.6) is 0 Å². The van der Waals surface area contributed by atoms with Crippen molar-refractivity contribution in [3.05, 3.63) is 150 Å². The van der Waals surface area contributed by atoms with Crippen molar-refractivity contribution in [1.82, 2.24) is 0 Å². The van der Waals surface area contributed by atoms with Crippen molar-refractivity contribution in [2.45, 2.75) is 59.4 Å². The standard InChI is InChI=1S/C12H11Si.C12H10.C9H13.C5H10N.Hf/c1-3-7-11(8-4-1)13-12-9-5-2-6-10-12;1-3-7-11(8-4-1)12-9-5-2-6-10-12;1-6-5-7(2)9(4)8(6)3;6-5-3-1-2-4-5;/h1-10,13H;1-10H;6H,1-4H3;5-6H,1-4H2;/q;;2*-1;. The molecule has 1 atom stereocenters. The van der Waals surface area contributed by atoms with Crippen LogP contribution in [0.3, 0.4) is 0 Å². The second-order valence-electron chi connectivity index (χ2n) is 10.5. The van der Waals surface area contributed by atoms with E-state index in [1.165, 1.54) is 51.1 Å². The second kappa shape index (κ2) is 19.5. The Hall–Kier alpha value is -2.59. The number of hydrogen-bond acceptors (Lipinski definition) is 0. The van der Waals surface area contributed by atoms with Crippen molar-refractivity contribution in [3.63, 3.8) is 0 Å². The molecule has 6 rings (SSSR count). The Bertz CT molecular complexity index is 1220. The van der Waals surface area contributed by atoms with E-state index in [1.807, 2.05) is 12.1 Å². The molecule has 1 unspecified atom stereocenters. The summed E-state index contributed by atoms with van der Waals surface area (Å²) in [5.74, 6) is 0.560. The Labute approximate surface area is 270 Å². The number of hydrogen-bond donors (Lipinski definition) is 0. The molecule has 1 fully saturated rings. The molecule has 4 aromatic carbocycles. The van der Waals surface area contributed by atoms with Gasteiger partial charge in [-0.1, -0.05) is 184 Å². The van der Waals surface area contributed by atoms with Crippen molar-refractivity contribution >= 4 is 19.9 Å². The van der Waals surface area contributed by atoms with Crippen molar-refractivity contribution in [1.29, 1.82) is 0 Å². The van der Waals surface area contributed by atoms with Crippen LogP contribution in [0.4, 0.5) is 0 Å². The third-order valence-electron chi connectivity index (χ3n) is 7.41. The van der Waals surface area contributed by atoms with Crippen LogP contribution in [0.25, 0.3) is 16.9 Å². The van der Waals surface area contributed by atoms with Crippen LogP contribution in [0.1, 0.15) is 53.4 Å². The van der Waals surface area contributed by atoms with E-state index in [0.717, 1.165) is 12.8 Å². The summed E-state index contributed by atoms with van der Waals surface area (Å²) in [5.41, 5.74) is 13.9. The summed E-state index contributed by atoms with van der Waals surface area (Å²) >= 11 is 0. The third-order valence-corrected chi connectivity index (χ3v) is 8.84. The molecule has 2 aliphatic rings. The van der Waals surface area contributed by atoms with E-state index >= 15 is 0 Å². The summed E-state index contributed by atoms with van der Waals surface area (Å²) in [6.07, 6.45) is 8.26. The Balaban J connectivity index is 0.000000196. The minimum atomic E-state index is 0. The third kappa shape index (κ3) is 12.9. The van der Waals surface area contributed by atoms with Gasteiger partial charge in [0, 0.05) is 25.8 Å². The number of benzene rings is 4. The predicted molar refractivity (Wildman–Crippen MR) is 178 cm³/mol. The van der Waals surface area contributed by atoms with Crippen LogP contribution in [0.15, 0.2) is 138 Å². The first kappa shape index (κ1) is 34.6. The van der Waals surface area contributed by atoms with Gasteiger partial charge < -0.3 is 5.73 Å². The summed E-state index contributed by atoms with van der Waals surface area (Å²) < 4.78 is 0. The van der Waals surface area contributed by atoms with Gasteiger partial charge in [-0.2, -0.15) is 11.1 Å². The van der Waals surface area contributed by atoms with Crippen molar-refractivity contribution in [2.75, 3.05) is 0 Å². The minimum Gasteiger partial charge on any atom is -0.675 e. The van der Waals surface area contributed by atoms with Gasteiger partial charge in [-0.3, -0.25) is 6.08 Å². The van der Waals surface area contributed by atoms with E-state index in [2.05, 4.69) is 143 Å². The van der Waals surface area contributed by atoms with E-state index in [4.69, 9.17) is 5.73 Å². The Morgan fingerprint density at radius 2 is 0.976 bits per heavy atom. The van der Waals surface area contributed by atoms with E-state index in [1.54, 1.807) is 0 Å². The Morgan fingerprint density at radius 3 is 1.22 bits per heavy atom. The molecule has 211 valence electrons. The summed E-state index contributed by atoms with van der Waals surface area (Å²) in [7, 11) is 0.271. The zero-order valence-electron chi connectivity index (χ0n) is 25.1. The molecular formula is C38H44HfNSi-2. The molecule has 0 aliphatic heterocycles. The first-order valence-corrected chi connectivity index (χ1v) is 15.6. The Kier molecular flexibility index (Phi) is 16.5. The maximum atomic E-state index is 7.13. The molecule has 0 saturated heterocycles.